The Hall–Kier alpha value is -2.04. The van der Waals surface area contributed by atoms with E-state index in [1.165, 1.54) is 0 Å². The number of hydrogen-bond donors (Lipinski definition) is 3. The van der Waals surface area contributed by atoms with Gasteiger partial charge >= 0.3 is 6.03 Å². The molecule has 0 saturated carbocycles. The zero-order valence-electron chi connectivity index (χ0n) is 18.4. The summed E-state index contributed by atoms with van der Waals surface area (Å²) in [6, 6.07) is 6.73. The van der Waals surface area contributed by atoms with E-state index in [-0.39, 0.29) is 34.3 Å². The van der Waals surface area contributed by atoms with E-state index in [0.29, 0.717) is 11.3 Å². The normalized spacial score (nSPS) is 12.7. The molecule has 0 unspecified atom stereocenters. The fourth-order valence-electron chi connectivity index (χ4n) is 2.93. The maximum absolute atomic E-state index is 12.4. The van der Waals surface area contributed by atoms with Gasteiger partial charge in [-0.25, -0.2) is 4.79 Å². The molecular formula is C22H37N3O2. The molecule has 3 N–H and O–H groups in total. The predicted octanol–water partition coefficient (Wildman–Crippen LogP) is 5.19. The van der Waals surface area contributed by atoms with E-state index < -0.39 is 0 Å². The second-order valence-corrected chi connectivity index (χ2v) is 9.98. The van der Waals surface area contributed by atoms with Crippen LogP contribution in [0, 0.1) is 10.8 Å². The average Bonchev–Trinajstić information content (AvgIpc) is 2.43. The topological polar surface area (TPSA) is 70.2 Å². The predicted molar refractivity (Wildman–Crippen MR) is 113 cm³/mol. The van der Waals surface area contributed by atoms with Gasteiger partial charge in [-0.3, -0.25) is 4.79 Å². The minimum atomic E-state index is -0.349. The highest BCUT2D eigenvalue weighted by Crippen LogP contribution is 2.43. The first-order valence-electron chi connectivity index (χ1n) is 9.63. The largest absolute Gasteiger partial charge is 0.350 e. The first kappa shape index (κ1) is 23.0. The summed E-state index contributed by atoms with van der Waals surface area (Å²) in [4.78, 5) is 24.4. The summed E-state index contributed by atoms with van der Waals surface area (Å²) in [5.74, 6) is -0.119. The molecule has 1 rings (SSSR count). The molecule has 0 saturated heterocycles. The zero-order chi connectivity index (χ0) is 21.0. The molecule has 0 aliphatic carbocycles. The van der Waals surface area contributed by atoms with Gasteiger partial charge in [-0.05, 0) is 69.2 Å². The Kier molecular flexibility index (Phi) is 7.09. The highest BCUT2D eigenvalue weighted by molar-refractivity contribution is 5.95. The second-order valence-electron chi connectivity index (χ2n) is 9.98. The molecule has 0 radical (unpaired) electrons. The number of anilines is 1. The molecular weight excluding hydrogens is 338 g/mol. The maximum Gasteiger partial charge on any atom is 0.319 e. The van der Waals surface area contributed by atoms with Crippen molar-refractivity contribution < 1.29 is 9.59 Å². The standard InChI is InChI=1S/C22H37N3O2/c1-15(2)23-18(26)16-10-12-17(13-11-16)24-19(27)25-22(8,9)14-21(6,7)20(3,4)5/h10-13,15H,14H2,1-9H3,(H,23,26)(H2,24,25,27). The Balaban J connectivity index is 2.70. The van der Waals surface area contributed by atoms with Crippen LogP contribution in [0.5, 0.6) is 0 Å². The van der Waals surface area contributed by atoms with Crippen LogP contribution < -0.4 is 16.0 Å². The Morgan fingerprint density at radius 1 is 0.926 bits per heavy atom. The first-order chi connectivity index (χ1) is 12.1. The molecule has 5 heteroatoms. The molecule has 1 aromatic carbocycles. The lowest BCUT2D eigenvalue weighted by Gasteiger charge is -2.44. The number of rotatable bonds is 6. The third kappa shape index (κ3) is 7.24. The van der Waals surface area contributed by atoms with Crippen molar-refractivity contribution in [3.8, 4) is 0 Å². The van der Waals surface area contributed by atoms with Crippen LogP contribution in [0.2, 0.25) is 0 Å². The SMILES string of the molecule is CC(C)NC(=O)c1ccc(NC(=O)NC(C)(C)CC(C)(C)C(C)(C)C)cc1. The van der Waals surface area contributed by atoms with Gasteiger partial charge in [0.2, 0.25) is 0 Å². The number of carbonyl (C=O) groups is 2. The van der Waals surface area contributed by atoms with Gasteiger partial charge in [-0.1, -0.05) is 34.6 Å². The third-order valence-corrected chi connectivity index (χ3v) is 5.19. The number of benzene rings is 1. The first-order valence-corrected chi connectivity index (χ1v) is 9.63. The number of amides is 3. The van der Waals surface area contributed by atoms with Crippen molar-refractivity contribution in [3.05, 3.63) is 29.8 Å². The van der Waals surface area contributed by atoms with E-state index in [1.807, 2.05) is 27.7 Å². The van der Waals surface area contributed by atoms with E-state index in [2.05, 4.69) is 50.6 Å². The van der Waals surface area contributed by atoms with Crippen molar-refractivity contribution in [3.63, 3.8) is 0 Å². The van der Waals surface area contributed by atoms with Crippen LogP contribution in [0.15, 0.2) is 24.3 Å². The molecule has 0 bridgehead atoms. The molecule has 0 aliphatic rings. The van der Waals surface area contributed by atoms with Gasteiger partial charge in [0.25, 0.3) is 5.91 Å². The van der Waals surface area contributed by atoms with Crippen LogP contribution >= 0.6 is 0 Å². The molecule has 3 amide bonds. The summed E-state index contributed by atoms with van der Waals surface area (Å²) in [5, 5.41) is 8.76. The van der Waals surface area contributed by atoms with Crippen LogP contribution in [-0.4, -0.2) is 23.5 Å². The van der Waals surface area contributed by atoms with Gasteiger partial charge in [-0.15, -0.1) is 0 Å². The van der Waals surface area contributed by atoms with Gasteiger partial charge in [0.05, 0.1) is 0 Å². The molecule has 0 aromatic heterocycles. The molecule has 152 valence electrons. The van der Waals surface area contributed by atoms with Gasteiger partial charge < -0.3 is 16.0 Å². The van der Waals surface area contributed by atoms with E-state index in [1.54, 1.807) is 24.3 Å². The van der Waals surface area contributed by atoms with Crippen molar-refractivity contribution >= 4 is 17.6 Å². The molecule has 27 heavy (non-hydrogen) atoms. The van der Waals surface area contributed by atoms with E-state index in [4.69, 9.17) is 0 Å². The summed E-state index contributed by atoms with van der Waals surface area (Å²) in [7, 11) is 0. The van der Waals surface area contributed by atoms with Gasteiger partial charge in [0.1, 0.15) is 0 Å². The number of urea groups is 1. The Morgan fingerprint density at radius 2 is 1.44 bits per heavy atom. The molecule has 5 nitrogen and oxygen atoms in total. The highest BCUT2D eigenvalue weighted by atomic mass is 16.2. The minimum Gasteiger partial charge on any atom is -0.350 e. The summed E-state index contributed by atoms with van der Waals surface area (Å²) in [6.07, 6.45) is 0.852. The summed E-state index contributed by atoms with van der Waals surface area (Å²) < 4.78 is 0. The third-order valence-electron chi connectivity index (χ3n) is 5.19. The number of hydrogen-bond acceptors (Lipinski definition) is 2. The van der Waals surface area contributed by atoms with Crippen LogP contribution in [0.3, 0.4) is 0 Å². The zero-order valence-corrected chi connectivity index (χ0v) is 18.4. The fourth-order valence-corrected chi connectivity index (χ4v) is 2.93. The molecule has 0 heterocycles. The lowest BCUT2D eigenvalue weighted by atomic mass is 9.64. The minimum absolute atomic E-state index is 0.0647. The maximum atomic E-state index is 12.4. The Bertz CT molecular complexity index is 653. The van der Waals surface area contributed by atoms with Crippen LogP contribution in [0.1, 0.15) is 79.1 Å². The Morgan fingerprint density at radius 3 is 1.89 bits per heavy atom. The van der Waals surface area contributed by atoms with Gasteiger partial charge in [0, 0.05) is 22.8 Å². The van der Waals surface area contributed by atoms with Gasteiger partial charge in [-0.2, -0.15) is 0 Å². The Labute approximate surface area is 164 Å². The van der Waals surface area contributed by atoms with E-state index >= 15 is 0 Å². The lowest BCUT2D eigenvalue weighted by molar-refractivity contribution is 0.0860. The van der Waals surface area contributed by atoms with Crippen molar-refractivity contribution in [2.75, 3.05) is 5.32 Å². The molecule has 0 fully saturated rings. The quantitative estimate of drug-likeness (QED) is 0.640. The monoisotopic (exact) mass is 375 g/mol. The van der Waals surface area contributed by atoms with E-state index in [0.717, 1.165) is 6.42 Å². The smallest absolute Gasteiger partial charge is 0.319 e. The summed E-state index contributed by atoms with van der Waals surface area (Å²) in [6.45, 7) is 19.0. The number of nitrogens with one attached hydrogen (secondary N) is 3. The van der Waals surface area contributed by atoms with Crippen molar-refractivity contribution in [2.24, 2.45) is 10.8 Å². The molecule has 1 aromatic rings. The van der Waals surface area contributed by atoms with Crippen LogP contribution in [-0.2, 0) is 0 Å². The van der Waals surface area contributed by atoms with Crippen molar-refractivity contribution in [1.82, 2.24) is 10.6 Å². The van der Waals surface area contributed by atoms with E-state index in [9.17, 15) is 9.59 Å². The van der Waals surface area contributed by atoms with Crippen molar-refractivity contribution in [1.29, 1.82) is 0 Å². The summed E-state index contributed by atoms with van der Waals surface area (Å²) >= 11 is 0. The average molecular weight is 376 g/mol. The molecule has 0 spiro atoms. The molecule has 0 aliphatic heterocycles. The van der Waals surface area contributed by atoms with Crippen LogP contribution in [0.4, 0.5) is 10.5 Å². The highest BCUT2D eigenvalue weighted by Gasteiger charge is 2.38. The van der Waals surface area contributed by atoms with Crippen LogP contribution in [0.25, 0.3) is 0 Å². The number of carbonyl (C=O) groups excluding carboxylic acids is 2. The van der Waals surface area contributed by atoms with Crippen molar-refractivity contribution in [2.45, 2.75) is 80.3 Å². The lowest BCUT2D eigenvalue weighted by Crippen LogP contribution is -2.50. The summed E-state index contributed by atoms with van der Waals surface area (Å²) in [5.41, 5.74) is 1.07. The van der Waals surface area contributed by atoms with Gasteiger partial charge in [0.15, 0.2) is 0 Å². The fraction of sp³-hybridized carbons (Fsp3) is 0.636. The second kappa shape index (κ2) is 8.32. The molecule has 0 atom stereocenters.